The van der Waals surface area contributed by atoms with Crippen LogP contribution in [0, 0.1) is 5.82 Å². The molecule has 0 spiro atoms. The molecule has 3 aromatic carbocycles. The molecule has 0 radical (unpaired) electrons. The predicted octanol–water partition coefficient (Wildman–Crippen LogP) is 5.67. The molecule has 3 N–H and O–H groups in total. The average molecular weight is 539 g/mol. The largest absolute Gasteiger partial charge is 0.493 e. The van der Waals surface area contributed by atoms with Gasteiger partial charge in [0.1, 0.15) is 30.0 Å². The van der Waals surface area contributed by atoms with Gasteiger partial charge in [-0.1, -0.05) is 12.1 Å². The van der Waals surface area contributed by atoms with Crippen LogP contribution in [0.15, 0.2) is 66.7 Å². The fourth-order valence-corrected chi connectivity index (χ4v) is 4.24. The Bertz CT molecular complexity index is 1060. The van der Waals surface area contributed by atoms with E-state index >= 15 is 0 Å². The molecule has 1 atom stereocenters. The van der Waals surface area contributed by atoms with E-state index < -0.39 is 6.10 Å². The molecule has 4 rings (SSSR count). The summed E-state index contributed by atoms with van der Waals surface area (Å²) in [6.45, 7) is 2.56. The molecular formula is C27H33Cl2FN2O4. The molecule has 36 heavy (non-hydrogen) atoms. The molecule has 1 saturated heterocycles. The zero-order valence-corrected chi connectivity index (χ0v) is 21.8. The van der Waals surface area contributed by atoms with Crippen molar-refractivity contribution in [3.8, 4) is 23.0 Å². The Kier molecular flexibility index (Phi) is 11.6. The maximum absolute atomic E-state index is 13.0. The Morgan fingerprint density at radius 1 is 0.944 bits per heavy atom. The number of rotatable bonds is 9. The molecule has 0 aliphatic carbocycles. The number of nitrogens with zero attached hydrogens (tertiary/aromatic N) is 1. The van der Waals surface area contributed by atoms with Crippen molar-refractivity contribution in [3.63, 3.8) is 0 Å². The van der Waals surface area contributed by atoms with E-state index in [0.717, 1.165) is 31.7 Å². The summed E-state index contributed by atoms with van der Waals surface area (Å²) in [5.41, 5.74) is 7.69. The molecule has 0 amide bonds. The molecule has 0 aromatic heterocycles. The van der Waals surface area contributed by atoms with Crippen molar-refractivity contribution in [2.45, 2.75) is 24.9 Å². The molecule has 1 heterocycles. The van der Waals surface area contributed by atoms with E-state index in [1.54, 1.807) is 37.4 Å². The number of ether oxygens (including phenoxy) is 3. The highest BCUT2D eigenvalue weighted by molar-refractivity contribution is 5.85. The molecule has 1 unspecified atom stereocenters. The Morgan fingerprint density at radius 3 is 2.17 bits per heavy atom. The van der Waals surface area contributed by atoms with Crippen molar-refractivity contribution < 1.29 is 23.7 Å². The number of anilines is 1. The summed E-state index contributed by atoms with van der Waals surface area (Å²) < 4.78 is 29.9. The highest BCUT2D eigenvalue weighted by Gasteiger charge is 2.22. The molecular weight excluding hydrogens is 506 g/mol. The molecule has 196 valence electrons. The third-order valence-corrected chi connectivity index (χ3v) is 6.08. The van der Waals surface area contributed by atoms with Gasteiger partial charge in [0, 0.05) is 18.3 Å². The van der Waals surface area contributed by atoms with Gasteiger partial charge in [-0.3, -0.25) is 0 Å². The first-order valence-electron chi connectivity index (χ1n) is 11.5. The maximum Gasteiger partial charge on any atom is 0.163 e. The summed E-state index contributed by atoms with van der Waals surface area (Å²) in [6, 6.07) is 19.3. The number of halogens is 3. The van der Waals surface area contributed by atoms with Crippen molar-refractivity contribution in [2.75, 3.05) is 39.1 Å². The minimum atomic E-state index is -0.606. The van der Waals surface area contributed by atoms with Gasteiger partial charge in [0.05, 0.1) is 7.11 Å². The number of aliphatic hydroxyl groups excluding tert-OH is 1. The summed E-state index contributed by atoms with van der Waals surface area (Å²) in [6.07, 6.45) is 1.44. The van der Waals surface area contributed by atoms with Crippen molar-refractivity contribution in [3.05, 3.63) is 78.1 Å². The van der Waals surface area contributed by atoms with Gasteiger partial charge in [-0.2, -0.15) is 0 Å². The fourth-order valence-electron chi connectivity index (χ4n) is 4.24. The first-order chi connectivity index (χ1) is 16.5. The minimum absolute atomic E-state index is 0. The third kappa shape index (κ3) is 8.17. The minimum Gasteiger partial charge on any atom is -0.493 e. The molecule has 1 aliphatic heterocycles. The number of nitrogens with two attached hydrogens (primary N) is 1. The summed E-state index contributed by atoms with van der Waals surface area (Å²) in [4.78, 5) is 2.27. The predicted molar refractivity (Wildman–Crippen MR) is 145 cm³/mol. The van der Waals surface area contributed by atoms with Gasteiger partial charge in [0.2, 0.25) is 0 Å². The van der Waals surface area contributed by atoms with E-state index in [4.69, 9.17) is 19.9 Å². The lowest BCUT2D eigenvalue weighted by atomic mass is 9.89. The van der Waals surface area contributed by atoms with Crippen molar-refractivity contribution >= 4 is 30.5 Å². The summed E-state index contributed by atoms with van der Waals surface area (Å²) in [5, 5.41) is 10.5. The monoisotopic (exact) mass is 538 g/mol. The quantitative estimate of drug-likeness (QED) is 0.341. The Hall–Kier alpha value is -2.71. The van der Waals surface area contributed by atoms with Crippen LogP contribution in [-0.2, 0) is 0 Å². The van der Waals surface area contributed by atoms with E-state index in [2.05, 4.69) is 17.0 Å². The van der Waals surface area contributed by atoms with Gasteiger partial charge < -0.3 is 30.0 Å². The molecule has 6 nitrogen and oxygen atoms in total. The zero-order chi connectivity index (χ0) is 23.9. The number of benzene rings is 3. The highest BCUT2D eigenvalue weighted by Crippen LogP contribution is 2.31. The summed E-state index contributed by atoms with van der Waals surface area (Å²) >= 11 is 0. The zero-order valence-electron chi connectivity index (χ0n) is 20.1. The van der Waals surface area contributed by atoms with Crippen LogP contribution in [0.25, 0.3) is 0 Å². The molecule has 1 aliphatic rings. The van der Waals surface area contributed by atoms with Crippen LogP contribution in [0.3, 0.4) is 0 Å². The highest BCUT2D eigenvalue weighted by atomic mass is 35.5. The second-order valence-electron chi connectivity index (χ2n) is 8.58. The van der Waals surface area contributed by atoms with Crippen molar-refractivity contribution in [1.29, 1.82) is 0 Å². The van der Waals surface area contributed by atoms with Gasteiger partial charge in [-0.15, -0.1) is 24.8 Å². The number of hydrogen-bond donors (Lipinski definition) is 2. The topological polar surface area (TPSA) is 77.2 Å². The van der Waals surface area contributed by atoms with E-state index in [1.165, 1.54) is 17.7 Å². The van der Waals surface area contributed by atoms with Crippen LogP contribution in [0.5, 0.6) is 23.0 Å². The van der Waals surface area contributed by atoms with E-state index in [1.807, 2.05) is 12.1 Å². The standard InChI is InChI=1S/C27H31FN2O4.2ClH/c1-32-26-11-6-22(29)16-27(26)33-18-23(31)17-30-14-12-20(13-15-30)19-2-7-24(8-3-19)34-25-9-4-21(28)5-10-25;;/h2-11,16,20,23,31H,12-15,17-18,29H2,1H3;2*1H. The van der Waals surface area contributed by atoms with Crippen LogP contribution in [0.4, 0.5) is 10.1 Å². The van der Waals surface area contributed by atoms with E-state index in [9.17, 15) is 9.50 Å². The third-order valence-electron chi connectivity index (χ3n) is 6.08. The molecule has 0 saturated carbocycles. The first-order valence-corrected chi connectivity index (χ1v) is 11.5. The summed E-state index contributed by atoms with van der Waals surface area (Å²) in [7, 11) is 1.57. The van der Waals surface area contributed by atoms with Crippen LogP contribution in [0.2, 0.25) is 0 Å². The number of hydrogen-bond acceptors (Lipinski definition) is 6. The second-order valence-corrected chi connectivity index (χ2v) is 8.58. The molecule has 0 bridgehead atoms. The van der Waals surface area contributed by atoms with E-state index in [0.29, 0.717) is 35.4 Å². The smallest absolute Gasteiger partial charge is 0.163 e. The lowest BCUT2D eigenvalue weighted by Gasteiger charge is -2.33. The maximum atomic E-state index is 13.0. The van der Waals surface area contributed by atoms with Gasteiger partial charge in [-0.25, -0.2) is 4.39 Å². The SMILES string of the molecule is COc1ccc(N)cc1OCC(O)CN1CCC(c2ccc(Oc3ccc(F)cc3)cc2)CC1.Cl.Cl. The number of nitrogen functional groups attached to an aromatic ring is 1. The number of likely N-dealkylation sites (tertiary alicyclic amines) is 1. The van der Waals surface area contributed by atoms with Crippen LogP contribution in [-0.4, -0.2) is 49.5 Å². The number of piperidine rings is 1. The van der Waals surface area contributed by atoms with Gasteiger partial charge in [-0.05, 0) is 85.9 Å². The first kappa shape index (κ1) is 29.5. The van der Waals surface area contributed by atoms with Crippen LogP contribution in [0.1, 0.15) is 24.3 Å². The fraction of sp³-hybridized carbons (Fsp3) is 0.333. The lowest BCUT2D eigenvalue weighted by molar-refractivity contribution is 0.0586. The van der Waals surface area contributed by atoms with E-state index in [-0.39, 0.29) is 37.2 Å². The van der Waals surface area contributed by atoms with Gasteiger partial charge >= 0.3 is 0 Å². The number of aliphatic hydroxyl groups is 1. The Morgan fingerprint density at radius 2 is 1.56 bits per heavy atom. The Balaban J connectivity index is 0.00000228. The van der Waals surface area contributed by atoms with Crippen LogP contribution < -0.4 is 19.9 Å². The van der Waals surface area contributed by atoms with Crippen LogP contribution >= 0.6 is 24.8 Å². The Labute approximate surface area is 224 Å². The van der Waals surface area contributed by atoms with Gasteiger partial charge in [0.15, 0.2) is 11.5 Å². The molecule has 9 heteroatoms. The van der Waals surface area contributed by atoms with Crippen molar-refractivity contribution in [2.24, 2.45) is 0 Å². The summed E-state index contributed by atoms with van der Waals surface area (Å²) in [5.74, 6) is 2.66. The number of methoxy groups -OCH3 is 1. The second kappa shape index (κ2) is 14.1. The average Bonchev–Trinajstić information content (AvgIpc) is 2.85. The lowest BCUT2D eigenvalue weighted by Crippen LogP contribution is -2.40. The number of β-amino-alcohol motifs (C(OH)–C–C–N with tert-alkyl or cyclic N) is 1. The van der Waals surface area contributed by atoms with Gasteiger partial charge in [0.25, 0.3) is 0 Å². The normalized spacial score (nSPS) is 14.8. The van der Waals surface area contributed by atoms with Crippen molar-refractivity contribution in [1.82, 2.24) is 4.90 Å². The molecule has 3 aromatic rings. The molecule has 1 fully saturated rings.